The summed E-state index contributed by atoms with van der Waals surface area (Å²) in [5.41, 5.74) is 2.39. The number of carbonyl (C=O) groups is 1. The van der Waals surface area contributed by atoms with E-state index in [1.807, 2.05) is 25.1 Å². The Morgan fingerprint density at radius 2 is 2.03 bits per heavy atom. The zero-order chi connectivity index (χ0) is 21.8. The molecule has 1 aliphatic rings. The van der Waals surface area contributed by atoms with Crippen molar-refractivity contribution in [2.24, 2.45) is 0 Å². The van der Waals surface area contributed by atoms with Crippen LogP contribution in [0, 0.1) is 0 Å². The third kappa shape index (κ3) is 4.91. The molecule has 0 spiro atoms. The number of nitrogens with zero attached hydrogens (tertiary/aromatic N) is 3. The summed E-state index contributed by atoms with van der Waals surface area (Å²) >= 11 is 1.19. The van der Waals surface area contributed by atoms with Crippen molar-refractivity contribution in [1.29, 1.82) is 0 Å². The van der Waals surface area contributed by atoms with E-state index in [1.54, 1.807) is 30.0 Å². The molecule has 0 saturated heterocycles. The van der Waals surface area contributed by atoms with Crippen molar-refractivity contribution in [2.45, 2.75) is 43.8 Å². The number of anilines is 2. The third-order valence-corrected chi connectivity index (χ3v) is 8.07. The molecule has 0 bridgehead atoms. The molecule has 10 heteroatoms. The highest BCUT2D eigenvalue weighted by molar-refractivity contribution is 7.93. The quantitative estimate of drug-likeness (QED) is 0.528. The van der Waals surface area contributed by atoms with Gasteiger partial charge in [0.1, 0.15) is 5.82 Å². The maximum atomic E-state index is 12.8. The minimum absolute atomic E-state index is 0.233. The molecule has 1 atom stereocenters. The van der Waals surface area contributed by atoms with Gasteiger partial charge in [-0.3, -0.25) is 14.5 Å². The summed E-state index contributed by atoms with van der Waals surface area (Å²) in [4.78, 5) is 25.6. The zero-order valence-corrected chi connectivity index (χ0v) is 18.6. The fourth-order valence-corrected chi connectivity index (χ4v) is 5.85. The van der Waals surface area contributed by atoms with E-state index in [4.69, 9.17) is 0 Å². The van der Waals surface area contributed by atoms with Gasteiger partial charge in [0.15, 0.2) is 5.13 Å². The molecule has 4 rings (SSSR count). The predicted octanol–water partition coefficient (Wildman–Crippen LogP) is 4.03. The SMILES string of the molecule is CCC(C(=O)Nc1ccc(-c2cccnc2)cn1)c1csc(NS(=O)(=O)C2CCC2)n1. The van der Waals surface area contributed by atoms with Crippen LogP contribution in [-0.4, -0.2) is 34.5 Å². The average Bonchev–Trinajstić information content (AvgIpc) is 3.15. The van der Waals surface area contributed by atoms with Crippen LogP contribution in [0.5, 0.6) is 0 Å². The second-order valence-corrected chi connectivity index (χ2v) is 10.2. The van der Waals surface area contributed by atoms with Crippen LogP contribution in [0.15, 0.2) is 48.2 Å². The molecule has 0 aliphatic heterocycles. The topological polar surface area (TPSA) is 114 Å². The molecule has 162 valence electrons. The Morgan fingerprint density at radius 3 is 2.65 bits per heavy atom. The van der Waals surface area contributed by atoms with E-state index in [0.717, 1.165) is 17.5 Å². The van der Waals surface area contributed by atoms with Crippen LogP contribution in [-0.2, 0) is 14.8 Å². The van der Waals surface area contributed by atoms with E-state index in [1.165, 1.54) is 11.3 Å². The molecule has 1 aliphatic carbocycles. The van der Waals surface area contributed by atoms with Crippen LogP contribution < -0.4 is 10.0 Å². The lowest BCUT2D eigenvalue weighted by atomic mass is 10.0. The summed E-state index contributed by atoms with van der Waals surface area (Å²) in [6.07, 6.45) is 7.96. The van der Waals surface area contributed by atoms with E-state index >= 15 is 0 Å². The van der Waals surface area contributed by atoms with Crippen LogP contribution >= 0.6 is 11.3 Å². The van der Waals surface area contributed by atoms with Gasteiger partial charge in [-0.25, -0.2) is 18.4 Å². The molecular weight excluding hydrogens is 434 g/mol. The number of hydrogen-bond donors (Lipinski definition) is 2. The number of pyridine rings is 2. The molecule has 3 aromatic heterocycles. The lowest BCUT2D eigenvalue weighted by molar-refractivity contribution is -0.117. The van der Waals surface area contributed by atoms with Crippen LogP contribution in [0.4, 0.5) is 10.9 Å². The van der Waals surface area contributed by atoms with Crippen LogP contribution in [0.1, 0.15) is 44.2 Å². The molecule has 1 fully saturated rings. The number of thiazole rings is 1. The van der Waals surface area contributed by atoms with Gasteiger partial charge >= 0.3 is 0 Å². The van der Waals surface area contributed by atoms with Crippen LogP contribution in [0.25, 0.3) is 11.1 Å². The van der Waals surface area contributed by atoms with E-state index in [-0.39, 0.29) is 11.2 Å². The number of sulfonamides is 1. The van der Waals surface area contributed by atoms with Gasteiger partial charge < -0.3 is 5.32 Å². The second-order valence-electron chi connectivity index (χ2n) is 7.40. The molecule has 8 nitrogen and oxygen atoms in total. The number of carbonyl (C=O) groups excluding carboxylic acids is 1. The molecular formula is C21H23N5O3S2. The molecule has 1 saturated carbocycles. The van der Waals surface area contributed by atoms with Gasteiger partial charge in [0.25, 0.3) is 0 Å². The smallest absolute Gasteiger partial charge is 0.237 e. The zero-order valence-electron chi connectivity index (χ0n) is 17.0. The lowest BCUT2D eigenvalue weighted by Crippen LogP contribution is -2.33. The molecule has 2 N–H and O–H groups in total. The van der Waals surface area contributed by atoms with Crippen molar-refractivity contribution in [2.75, 3.05) is 10.0 Å². The lowest BCUT2D eigenvalue weighted by Gasteiger charge is -2.24. The number of nitrogens with one attached hydrogen (secondary N) is 2. The molecule has 1 unspecified atom stereocenters. The molecule has 31 heavy (non-hydrogen) atoms. The minimum atomic E-state index is -3.41. The Bertz CT molecular complexity index is 1140. The summed E-state index contributed by atoms with van der Waals surface area (Å²) in [6.45, 7) is 1.89. The van der Waals surface area contributed by atoms with E-state index in [2.05, 4.69) is 25.0 Å². The monoisotopic (exact) mass is 457 g/mol. The van der Waals surface area contributed by atoms with Gasteiger partial charge in [0.2, 0.25) is 15.9 Å². The van der Waals surface area contributed by atoms with Crippen molar-refractivity contribution in [3.05, 3.63) is 53.9 Å². The second kappa shape index (κ2) is 9.11. The summed E-state index contributed by atoms with van der Waals surface area (Å²) in [5.74, 6) is -0.293. The van der Waals surface area contributed by atoms with Crippen molar-refractivity contribution in [3.63, 3.8) is 0 Å². The molecule has 3 aromatic rings. The van der Waals surface area contributed by atoms with E-state index in [0.29, 0.717) is 35.9 Å². The fourth-order valence-electron chi connectivity index (χ4n) is 3.29. The third-order valence-electron chi connectivity index (χ3n) is 5.33. The van der Waals surface area contributed by atoms with Crippen LogP contribution in [0.3, 0.4) is 0 Å². The fraction of sp³-hybridized carbons (Fsp3) is 0.333. The van der Waals surface area contributed by atoms with Crippen molar-refractivity contribution in [1.82, 2.24) is 15.0 Å². The normalized spacial score (nSPS) is 15.1. The van der Waals surface area contributed by atoms with Gasteiger partial charge in [0, 0.05) is 35.1 Å². The Labute approximate surface area is 185 Å². The van der Waals surface area contributed by atoms with Crippen molar-refractivity contribution >= 4 is 38.2 Å². The summed E-state index contributed by atoms with van der Waals surface area (Å²) in [5, 5.41) is 4.51. The number of aromatic nitrogens is 3. The van der Waals surface area contributed by atoms with Gasteiger partial charge in [-0.05, 0) is 37.5 Å². The number of amides is 1. The highest BCUT2D eigenvalue weighted by atomic mass is 32.2. The Kier molecular flexibility index (Phi) is 6.28. The standard InChI is InChI=1S/C21H23N5O3S2/c1-2-17(18-13-30-21(24-18)26-31(28,29)16-6-3-7-16)20(27)25-19-9-8-15(12-23-19)14-5-4-10-22-11-14/h4-5,8-13,16-17H,2-3,6-7H2,1H3,(H,24,26)(H,23,25,27). The molecule has 1 amide bonds. The molecule has 0 radical (unpaired) electrons. The Balaban J connectivity index is 1.42. The Morgan fingerprint density at radius 1 is 1.23 bits per heavy atom. The van der Waals surface area contributed by atoms with Gasteiger partial charge in [-0.15, -0.1) is 11.3 Å². The van der Waals surface area contributed by atoms with E-state index < -0.39 is 15.9 Å². The maximum Gasteiger partial charge on any atom is 0.237 e. The summed E-state index contributed by atoms with van der Waals surface area (Å²) in [6, 6.07) is 7.41. The first-order valence-corrected chi connectivity index (χ1v) is 12.5. The highest BCUT2D eigenvalue weighted by Crippen LogP contribution is 2.30. The first-order valence-electron chi connectivity index (χ1n) is 10.1. The van der Waals surface area contributed by atoms with E-state index in [9.17, 15) is 13.2 Å². The first kappa shape index (κ1) is 21.4. The van der Waals surface area contributed by atoms with Gasteiger partial charge in [0.05, 0.1) is 16.9 Å². The maximum absolute atomic E-state index is 12.8. The number of rotatable bonds is 8. The Hall–Kier alpha value is -2.85. The van der Waals surface area contributed by atoms with Crippen LogP contribution in [0.2, 0.25) is 0 Å². The van der Waals surface area contributed by atoms with Crippen molar-refractivity contribution < 1.29 is 13.2 Å². The average molecular weight is 458 g/mol. The number of hydrogen-bond acceptors (Lipinski definition) is 7. The highest BCUT2D eigenvalue weighted by Gasteiger charge is 2.32. The molecule has 3 heterocycles. The predicted molar refractivity (Wildman–Crippen MR) is 121 cm³/mol. The molecule has 0 aromatic carbocycles. The summed E-state index contributed by atoms with van der Waals surface area (Å²) in [7, 11) is -3.41. The van der Waals surface area contributed by atoms with Crippen molar-refractivity contribution in [3.8, 4) is 11.1 Å². The summed E-state index contributed by atoms with van der Waals surface area (Å²) < 4.78 is 27.2. The first-order chi connectivity index (χ1) is 15.0. The largest absolute Gasteiger partial charge is 0.310 e. The van der Waals surface area contributed by atoms with Gasteiger partial charge in [-0.2, -0.15) is 0 Å². The van der Waals surface area contributed by atoms with Gasteiger partial charge in [-0.1, -0.05) is 19.4 Å². The minimum Gasteiger partial charge on any atom is -0.310 e.